The zero-order valence-electron chi connectivity index (χ0n) is 5.93. The third-order valence-electron chi connectivity index (χ3n) is 1.36. The SMILES string of the molecule is Cc1ccccc1C(=O)[O-].[Cu+]. The van der Waals surface area contributed by atoms with Gasteiger partial charge in [0.1, 0.15) is 0 Å². The maximum atomic E-state index is 10.3. The molecule has 62 valence electrons. The second kappa shape index (κ2) is 4.16. The molecule has 0 amide bonds. The third kappa shape index (κ3) is 2.37. The summed E-state index contributed by atoms with van der Waals surface area (Å²) < 4.78 is 0. The van der Waals surface area contributed by atoms with Crippen LogP contribution in [-0.2, 0) is 17.1 Å². The van der Waals surface area contributed by atoms with E-state index in [4.69, 9.17) is 0 Å². The summed E-state index contributed by atoms with van der Waals surface area (Å²) in [5.74, 6) is -1.11. The predicted octanol–water partition coefficient (Wildman–Crippen LogP) is 0.356. The molecule has 1 aromatic rings. The Kier molecular flexibility index (Phi) is 3.86. The molecule has 3 heteroatoms. The van der Waals surface area contributed by atoms with E-state index in [1.165, 1.54) is 6.07 Å². The van der Waals surface area contributed by atoms with Crippen molar-refractivity contribution in [3.05, 3.63) is 35.4 Å². The van der Waals surface area contributed by atoms with Crippen molar-refractivity contribution in [1.82, 2.24) is 0 Å². The fourth-order valence-electron chi connectivity index (χ4n) is 0.802. The Balaban J connectivity index is 0.000001000. The Morgan fingerprint density at radius 1 is 1.36 bits per heavy atom. The summed E-state index contributed by atoms with van der Waals surface area (Å²) in [4.78, 5) is 10.3. The zero-order valence-corrected chi connectivity index (χ0v) is 6.87. The summed E-state index contributed by atoms with van der Waals surface area (Å²) in [5.41, 5.74) is 1.00. The number of rotatable bonds is 1. The smallest absolute Gasteiger partial charge is 0.545 e. The van der Waals surface area contributed by atoms with Gasteiger partial charge < -0.3 is 9.90 Å². The molecule has 0 spiro atoms. The Labute approximate surface area is 75.7 Å². The second-order valence-electron chi connectivity index (χ2n) is 2.10. The monoisotopic (exact) mass is 198 g/mol. The van der Waals surface area contributed by atoms with E-state index < -0.39 is 5.97 Å². The van der Waals surface area contributed by atoms with E-state index in [9.17, 15) is 9.90 Å². The molecular weight excluding hydrogens is 192 g/mol. The van der Waals surface area contributed by atoms with E-state index in [0.717, 1.165) is 5.56 Å². The van der Waals surface area contributed by atoms with E-state index in [-0.39, 0.29) is 22.6 Å². The minimum Gasteiger partial charge on any atom is -0.545 e. The fourth-order valence-corrected chi connectivity index (χ4v) is 0.802. The largest absolute Gasteiger partial charge is 1.00 e. The van der Waals surface area contributed by atoms with E-state index in [1.54, 1.807) is 25.1 Å². The minimum absolute atomic E-state index is 0. The number of carboxylic acids is 1. The average molecular weight is 199 g/mol. The van der Waals surface area contributed by atoms with Gasteiger partial charge in [0.15, 0.2) is 0 Å². The van der Waals surface area contributed by atoms with Crippen LogP contribution < -0.4 is 5.11 Å². The van der Waals surface area contributed by atoms with Crippen molar-refractivity contribution < 1.29 is 27.0 Å². The van der Waals surface area contributed by atoms with E-state index in [1.807, 2.05) is 0 Å². The molecule has 0 fully saturated rings. The molecule has 0 aliphatic carbocycles. The van der Waals surface area contributed by atoms with E-state index in [0.29, 0.717) is 0 Å². The molecule has 1 aromatic carbocycles. The Hall–Kier alpha value is -0.791. The van der Waals surface area contributed by atoms with Crippen LogP contribution in [0, 0.1) is 6.92 Å². The molecule has 0 atom stereocenters. The topological polar surface area (TPSA) is 40.1 Å². The summed E-state index contributed by atoms with van der Waals surface area (Å²) in [7, 11) is 0. The number of hydrogen-bond donors (Lipinski definition) is 0. The molecule has 0 unspecified atom stereocenters. The summed E-state index contributed by atoms with van der Waals surface area (Å²) >= 11 is 0. The minimum atomic E-state index is -1.11. The van der Waals surface area contributed by atoms with Gasteiger partial charge in [0.25, 0.3) is 0 Å². The Bertz CT molecular complexity index is 258. The number of aryl methyl sites for hydroxylation is 1. The number of carbonyl (C=O) groups is 1. The maximum Gasteiger partial charge on any atom is 1.00 e. The number of benzene rings is 1. The molecule has 0 saturated carbocycles. The molecule has 0 radical (unpaired) electrons. The quantitative estimate of drug-likeness (QED) is 0.612. The standard InChI is InChI=1S/C8H8O2.Cu/c1-6-4-2-3-5-7(6)8(9)10;/h2-5H,1H3,(H,9,10);/q;+1/p-1. The van der Waals surface area contributed by atoms with Gasteiger partial charge in [-0.3, -0.25) is 0 Å². The van der Waals surface area contributed by atoms with Crippen LogP contribution in [0.15, 0.2) is 24.3 Å². The first-order valence-electron chi connectivity index (χ1n) is 2.99. The molecule has 0 aliphatic rings. The van der Waals surface area contributed by atoms with Gasteiger partial charge in [-0.25, -0.2) is 0 Å². The average Bonchev–Trinajstić information content (AvgIpc) is 1.88. The molecule has 0 heterocycles. The fraction of sp³-hybridized carbons (Fsp3) is 0.125. The molecule has 2 nitrogen and oxygen atoms in total. The molecule has 0 bridgehead atoms. The van der Waals surface area contributed by atoms with Crippen LogP contribution in [0.4, 0.5) is 0 Å². The van der Waals surface area contributed by atoms with Gasteiger partial charge in [-0.05, 0) is 12.5 Å². The molecule has 0 saturated heterocycles. The van der Waals surface area contributed by atoms with Gasteiger partial charge in [-0.1, -0.05) is 24.3 Å². The van der Waals surface area contributed by atoms with Crippen LogP contribution in [0.25, 0.3) is 0 Å². The van der Waals surface area contributed by atoms with E-state index in [2.05, 4.69) is 0 Å². The third-order valence-corrected chi connectivity index (χ3v) is 1.36. The number of hydrogen-bond acceptors (Lipinski definition) is 2. The first kappa shape index (κ1) is 10.2. The molecule has 0 N–H and O–H groups in total. The summed E-state index contributed by atoms with van der Waals surface area (Å²) in [5, 5.41) is 10.3. The van der Waals surface area contributed by atoms with Crippen LogP contribution in [-0.4, -0.2) is 5.97 Å². The van der Waals surface area contributed by atoms with Gasteiger partial charge in [0, 0.05) is 5.56 Å². The first-order chi connectivity index (χ1) is 4.72. The van der Waals surface area contributed by atoms with Crippen LogP contribution in [0.2, 0.25) is 0 Å². The molecule has 11 heavy (non-hydrogen) atoms. The normalized spacial score (nSPS) is 8.45. The van der Waals surface area contributed by atoms with Gasteiger partial charge in [0.05, 0.1) is 5.97 Å². The molecular formula is C8H7CuO2. The summed E-state index contributed by atoms with van der Waals surface area (Å²) in [6, 6.07) is 6.75. The van der Waals surface area contributed by atoms with Crippen LogP contribution in [0.1, 0.15) is 15.9 Å². The van der Waals surface area contributed by atoms with Gasteiger partial charge in [0.2, 0.25) is 0 Å². The summed E-state index contributed by atoms with van der Waals surface area (Å²) in [6.07, 6.45) is 0. The number of aromatic carboxylic acids is 1. The van der Waals surface area contributed by atoms with Gasteiger partial charge >= 0.3 is 17.1 Å². The van der Waals surface area contributed by atoms with Crippen molar-refractivity contribution in [2.24, 2.45) is 0 Å². The molecule has 0 aromatic heterocycles. The van der Waals surface area contributed by atoms with E-state index >= 15 is 0 Å². The van der Waals surface area contributed by atoms with Crippen LogP contribution >= 0.6 is 0 Å². The molecule has 0 aliphatic heterocycles. The maximum absolute atomic E-state index is 10.3. The van der Waals surface area contributed by atoms with Crippen molar-refractivity contribution in [1.29, 1.82) is 0 Å². The van der Waals surface area contributed by atoms with Crippen LogP contribution in [0.5, 0.6) is 0 Å². The summed E-state index contributed by atoms with van der Waals surface area (Å²) in [6.45, 7) is 1.74. The number of carboxylic acid groups (broad SMARTS) is 1. The zero-order chi connectivity index (χ0) is 7.56. The Morgan fingerprint density at radius 2 is 1.91 bits per heavy atom. The van der Waals surface area contributed by atoms with Crippen molar-refractivity contribution >= 4 is 5.97 Å². The van der Waals surface area contributed by atoms with Gasteiger partial charge in [-0.15, -0.1) is 0 Å². The second-order valence-corrected chi connectivity index (χ2v) is 2.10. The van der Waals surface area contributed by atoms with Gasteiger partial charge in [-0.2, -0.15) is 0 Å². The molecule has 1 rings (SSSR count). The van der Waals surface area contributed by atoms with Crippen molar-refractivity contribution in [3.63, 3.8) is 0 Å². The predicted molar refractivity (Wildman–Crippen MR) is 35.5 cm³/mol. The first-order valence-corrected chi connectivity index (χ1v) is 2.99. The van der Waals surface area contributed by atoms with Crippen molar-refractivity contribution in [2.75, 3.05) is 0 Å². The van der Waals surface area contributed by atoms with Crippen LogP contribution in [0.3, 0.4) is 0 Å². The van der Waals surface area contributed by atoms with Crippen molar-refractivity contribution in [2.45, 2.75) is 6.92 Å². The van der Waals surface area contributed by atoms with Crippen molar-refractivity contribution in [3.8, 4) is 0 Å². The Morgan fingerprint density at radius 3 is 2.27 bits per heavy atom. The number of carbonyl (C=O) groups excluding carboxylic acids is 1.